The molecule has 7 heteroatoms. The Kier molecular flexibility index (Phi) is 5.79. The van der Waals surface area contributed by atoms with E-state index in [0.29, 0.717) is 23.7 Å². The van der Waals surface area contributed by atoms with Gasteiger partial charge in [-0.25, -0.2) is 0 Å². The number of aliphatic carboxylic acids is 2. The Hall–Kier alpha value is -2.28. The van der Waals surface area contributed by atoms with Crippen LogP contribution in [-0.4, -0.2) is 42.4 Å². The molecule has 0 bridgehead atoms. The molecule has 0 radical (unpaired) electrons. The molecular formula is C13H17NO6. The standard InChI is InChI=1S/C13H17NO6/c1-3-20-10-6-8(4-5-9(10)19-2)12(13(17)18)14-7-11(15)16/h4-6,12,14H,3,7H2,1-2H3,(H,15,16)(H,17,18). The van der Waals surface area contributed by atoms with Crippen molar-refractivity contribution >= 4 is 11.9 Å². The first-order valence-electron chi connectivity index (χ1n) is 5.98. The van der Waals surface area contributed by atoms with Crippen molar-refractivity contribution < 1.29 is 29.3 Å². The molecule has 0 aliphatic rings. The van der Waals surface area contributed by atoms with Crippen molar-refractivity contribution in [1.82, 2.24) is 5.32 Å². The Balaban J connectivity index is 3.04. The number of carbonyl (C=O) groups is 2. The van der Waals surface area contributed by atoms with Crippen molar-refractivity contribution in [3.8, 4) is 11.5 Å². The fraction of sp³-hybridized carbons (Fsp3) is 0.385. The van der Waals surface area contributed by atoms with Crippen molar-refractivity contribution in [2.75, 3.05) is 20.3 Å². The van der Waals surface area contributed by atoms with Crippen molar-refractivity contribution in [2.24, 2.45) is 0 Å². The van der Waals surface area contributed by atoms with Gasteiger partial charge >= 0.3 is 11.9 Å². The molecule has 0 fully saturated rings. The van der Waals surface area contributed by atoms with E-state index in [1.54, 1.807) is 19.1 Å². The first-order valence-corrected chi connectivity index (χ1v) is 5.98. The van der Waals surface area contributed by atoms with Gasteiger partial charge in [-0.2, -0.15) is 0 Å². The average Bonchev–Trinajstić information content (AvgIpc) is 2.39. The lowest BCUT2D eigenvalue weighted by molar-refractivity contribution is -0.140. The zero-order valence-electron chi connectivity index (χ0n) is 11.3. The molecule has 0 aliphatic carbocycles. The average molecular weight is 283 g/mol. The number of methoxy groups -OCH3 is 1. The molecule has 1 aromatic rings. The summed E-state index contributed by atoms with van der Waals surface area (Å²) in [6.45, 7) is 1.75. The topological polar surface area (TPSA) is 105 Å². The molecule has 3 N–H and O–H groups in total. The number of carboxylic acids is 2. The maximum Gasteiger partial charge on any atom is 0.325 e. The lowest BCUT2D eigenvalue weighted by Gasteiger charge is -2.16. The van der Waals surface area contributed by atoms with Crippen LogP contribution in [0.15, 0.2) is 18.2 Å². The van der Waals surface area contributed by atoms with E-state index in [0.717, 1.165) is 0 Å². The second kappa shape index (κ2) is 7.34. The number of benzene rings is 1. The van der Waals surface area contributed by atoms with Gasteiger partial charge in [0, 0.05) is 0 Å². The predicted octanol–water partition coefficient (Wildman–Crippen LogP) is 0.894. The molecule has 0 saturated carbocycles. The van der Waals surface area contributed by atoms with Crippen LogP contribution >= 0.6 is 0 Å². The van der Waals surface area contributed by atoms with Gasteiger partial charge in [0.05, 0.1) is 20.3 Å². The second-order valence-electron chi connectivity index (χ2n) is 3.89. The van der Waals surface area contributed by atoms with E-state index < -0.39 is 24.5 Å². The summed E-state index contributed by atoms with van der Waals surface area (Å²) in [5, 5.41) is 20.2. The van der Waals surface area contributed by atoms with Crippen LogP contribution in [0.25, 0.3) is 0 Å². The van der Waals surface area contributed by atoms with Crippen LogP contribution in [0.2, 0.25) is 0 Å². The Labute approximate surface area is 116 Å². The molecule has 110 valence electrons. The Morgan fingerprint density at radius 2 is 2.00 bits per heavy atom. The first kappa shape index (κ1) is 15.8. The molecule has 0 amide bonds. The maximum absolute atomic E-state index is 11.2. The van der Waals surface area contributed by atoms with Gasteiger partial charge in [0.25, 0.3) is 0 Å². The van der Waals surface area contributed by atoms with E-state index in [-0.39, 0.29) is 0 Å². The maximum atomic E-state index is 11.2. The Morgan fingerprint density at radius 1 is 1.30 bits per heavy atom. The summed E-state index contributed by atoms with van der Waals surface area (Å²) in [4.78, 5) is 21.7. The highest BCUT2D eigenvalue weighted by Crippen LogP contribution is 2.30. The van der Waals surface area contributed by atoms with Gasteiger partial charge in [0.15, 0.2) is 11.5 Å². The molecule has 0 aromatic heterocycles. The Morgan fingerprint density at radius 3 is 2.50 bits per heavy atom. The van der Waals surface area contributed by atoms with Crippen molar-refractivity contribution in [1.29, 1.82) is 0 Å². The van der Waals surface area contributed by atoms with Gasteiger partial charge in [0.2, 0.25) is 0 Å². The Bertz CT molecular complexity index is 488. The number of nitrogens with one attached hydrogen (secondary N) is 1. The lowest BCUT2D eigenvalue weighted by Crippen LogP contribution is -2.32. The van der Waals surface area contributed by atoms with E-state index >= 15 is 0 Å². The van der Waals surface area contributed by atoms with Crippen LogP contribution in [0.3, 0.4) is 0 Å². The summed E-state index contributed by atoms with van der Waals surface area (Å²) in [7, 11) is 1.48. The van der Waals surface area contributed by atoms with Gasteiger partial charge in [-0.05, 0) is 24.6 Å². The summed E-state index contributed by atoms with van der Waals surface area (Å²) in [6, 6.07) is 3.53. The van der Waals surface area contributed by atoms with Crippen LogP contribution in [0.5, 0.6) is 11.5 Å². The minimum absolute atomic E-state index is 0.392. The molecule has 0 saturated heterocycles. The number of hydrogen-bond acceptors (Lipinski definition) is 5. The number of rotatable bonds is 8. The van der Waals surface area contributed by atoms with Gasteiger partial charge < -0.3 is 19.7 Å². The number of carboxylic acid groups (broad SMARTS) is 2. The lowest BCUT2D eigenvalue weighted by atomic mass is 10.1. The highest BCUT2D eigenvalue weighted by Gasteiger charge is 2.21. The van der Waals surface area contributed by atoms with Crippen molar-refractivity contribution in [3.63, 3.8) is 0 Å². The molecule has 1 rings (SSSR count). The smallest absolute Gasteiger partial charge is 0.325 e. The highest BCUT2D eigenvalue weighted by molar-refractivity contribution is 5.77. The SMILES string of the molecule is CCOc1cc(C(NCC(=O)O)C(=O)O)ccc1OC. The summed E-state index contributed by atoms with van der Waals surface area (Å²) >= 11 is 0. The van der Waals surface area contributed by atoms with Gasteiger partial charge in [-0.1, -0.05) is 6.07 Å². The molecule has 0 aliphatic heterocycles. The van der Waals surface area contributed by atoms with E-state index in [2.05, 4.69) is 5.32 Å². The zero-order chi connectivity index (χ0) is 15.1. The summed E-state index contributed by atoms with van der Waals surface area (Å²) in [5.74, 6) is -1.40. The third-order valence-electron chi connectivity index (χ3n) is 2.53. The highest BCUT2D eigenvalue weighted by atomic mass is 16.5. The third kappa shape index (κ3) is 4.13. The van der Waals surface area contributed by atoms with Crippen LogP contribution in [0.1, 0.15) is 18.5 Å². The molecule has 20 heavy (non-hydrogen) atoms. The zero-order valence-corrected chi connectivity index (χ0v) is 11.3. The van der Waals surface area contributed by atoms with Crippen LogP contribution in [0.4, 0.5) is 0 Å². The minimum atomic E-state index is -1.17. The largest absolute Gasteiger partial charge is 0.493 e. The van der Waals surface area contributed by atoms with E-state index in [1.807, 2.05) is 0 Å². The van der Waals surface area contributed by atoms with Crippen LogP contribution in [-0.2, 0) is 9.59 Å². The van der Waals surface area contributed by atoms with Gasteiger partial charge in [-0.15, -0.1) is 0 Å². The van der Waals surface area contributed by atoms with Crippen molar-refractivity contribution in [3.05, 3.63) is 23.8 Å². The first-order chi connectivity index (χ1) is 9.49. The van der Waals surface area contributed by atoms with Crippen molar-refractivity contribution in [2.45, 2.75) is 13.0 Å². The quantitative estimate of drug-likeness (QED) is 0.650. The normalized spacial score (nSPS) is 11.7. The van der Waals surface area contributed by atoms with E-state index in [4.69, 9.17) is 19.7 Å². The summed E-state index contributed by atoms with van der Waals surface area (Å²) in [6.07, 6.45) is 0. The number of ether oxygens (including phenoxy) is 2. The van der Waals surface area contributed by atoms with Crippen LogP contribution < -0.4 is 14.8 Å². The second-order valence-corrected chi connectivity index (χ2v) is 3.89. The number of hydrogen-bond donors (Lipinski definition) is 3. The minimum Gasteiger partial charge on any atom is -0.493 e. The molecule has 7 nitrogen and oxygen atoms in total. The fourth-order valence-corrected chi connectivity index (χ4v) is 1.68. The molecule has 1 unspecified atom stereocenters. The summed E-state index contributed by atoms with van der Waals surface area (Å²) in [5.41, 5.74) is 0.392. The van der Waals surface area contributed by atoms with Gasteiger partial charge in [0.1, 0.15) is 6.04 Å². The molecule has 0 spiro atoms. The molecule has 0 heterocycles. The van der Waals surface area contributed by atoms with Crippen LogP contribution in [0, 0.1) is 0 Å². The third-order valence-corrected chi connectivity index (χ3v) is 2.53. The monoisotopic (exact) mass is 283 g/mol. The van der Waals surface area contributed by atoms with Gasteiger partial charge in [-0.3, -0.25) is 14.9 Å². The fourth-order valence-electron chi connectivity index (χ4n) is 1.68. The molecule has 1 aromatic carbocycles. The van der Waals surface area contributed by atoms with E-state index in [9.17, 15) is 9.59 Å². The predicted molar refractivity (Wildman–Crippen MR) is 70.2 cm³/mol. The molecule has 1 atom stereocenters. The molecular weight excluding hydrogens is 266 g/mol. The summed E-state index contributed by atoms with van der Waals surface area (Å²) < 4.78 is 10.5. The van der Waals surface area contributed by atoms with E-state index in [1.165, 1.54) is 13.2 Å².